The van der Waals surface area contributed by atoms with Crippen LogP contribution in [0.3, 0.4) is 0 Å². The summed E-state index contributed by atoms with van der Waals surface area (Å²) in [4.78, 5) is 31.8. The van der Waals surface area contributed by atoms with Crippen molar-refractivity contribution in [3.63, 3.8) is 0 Å². The third-order valence-electron chi connectivity index (χ3n) is 5.66. The summed E-state index contributed by atoms with van der Waals surface area (Å²) in [5.74, 6) is 1.15. The molecule has 0 amide bonds. The molecule has 11 nitrogen and oxygen atoms in total. The third-order valence-corrected chi connectivity index (χ3v) is 5.66. The fraction of sp³-hybridized carbons (Fsp3) is 0.318. The van der Waals surface area contributed by atoms with E-state index in [4.69, 9.17) is 8.33 Å². The van der Waals surface area contributed by atoms with Gasteiger partial charge in [-0.15, -0.1) is 23.3 Å². The Kier molecular flexibility index (Phi) is 9.81. The van der Waals surface area contributed by atoms with Crippen molar-refractivity contribution in [2.45, 2.75) is 20.4 Å². The van der Waals surface area contributed by atoms with Crippen LogP contribution in [0, 0.1) is 31.6 Å². The number of rotatable bonds is 6. The molecule has 0 aliphatic rings. The summed E-state index contributed by atoms with van der Waals surface area (Å²) in [6, 6.07) is 5.92. The molecule has 0 saturated carbocycles. The van der Waals surface area contributed by atoms with Gasteiger partial charge in [0.15, 0.2) is 11.2 Å². The molecule has 0 fully saturated rings. The molecule has 1 aromatic carbocycles. The van der Waals surface area contributed by atoms with Crippen LogP contribution in [-0.2, 0) is 61.3 Å². The van der Waals surface area contributed by atoms with Crippen molar-refractivity contribution in [1.82, 2.24) is 28.9 Å². The standard InChI is InChI=1S/C22H25N7O3.HN.2W/c1-7-28(8-2)21-23-18-17(20(30)27(6)22(31)26(18)5)29(21)12-16-24-25-19(32-16)15-10-9-13(3)14(4)11-15;;;/h9-11H,1-2,7-8,12H2,3-6H3;1H;;/q-2;;;+2. The summed E-state index contributed by atoms with van der Waals surface area (Å²) >= 11 is 0.833. The van der Waals surface area contributed by atoms with Crippen molar-refractivity contribution in [1.29, 1.82) is 3.91 Å². The molecule has 35 heavy (non-hydrogen) atoms. The van der Waals surface area contributed by atoms with Gasteiger partial charge in [-0.2, -0.15) is 4.98 Å². The van der Waals surface area contributed by atoms with Gasteiger partial charge in [0.05, 0.1) is 0 Å². The van der Waals surface area contributed by atoms with Gasteiger partial charge in [-0.25, -0.2) is 4.79 Å². The number of nitrogens with zero attached hydrogens (tertiary/aromatic N) is 7. The molecule has 0 aliphatic heterocycles. The van der Waals surface area contributed by atoms with Crippen molar-refractivity contribution in [3.8, 4) is 11.5 Å². The number of hydrogen-bond donors (Lipinski definition) is 1. The normalized spacial score (nSPS) is 10.6. The summed E-state index contributed by atoms with van der Waals surface area (Å²) in [7, 11) is 3.01. The van der Waals surface area contributed by atoms with Crippen molar-refractivity contribution >= 4 is 17.1 Å². The van der Waals surface area contributed by atoms with E-state index in [1.807, 2.05) is 32.0 Å². The molecule has 0 aliphatic carbocycles. The van der Waals surface area contributed by atoms with Crippen molar-refractivity contribution < 1.29 is 45.1 Å². The van der Waals surface area contributed by atoms with E-state index in [0.29, 0.717) is 30.8 Å². The topological polar surface area (TPSA) is 128 Å². The van der Waals surface area contributed by atoms with Crippen molar-refractivity contribution in [2.75, 3.05) is 18.0 Å². The van der Waals surface area contributed by atoms with E-state index in [1.165, 1.54) is 17.2 Å². The van der Waals surface area contributed by atoms with E-state index in [1.54, 1.807) is 16.5 Å². The van der Waals surface area contributed by atoms with Gasteiger partial charge >= 0.3 is 50.3 Å². The molecule has 1 N–H and O–H groups in total. The Balaban J connectivity index is 0.00000140. The van der Waals surface area contributed by atoms with Gasteiger partial charge in [0.2, 0.25) is 17.7 Å². The van der Waals surface area contributed by atoms with Crippen LogP contribution in [-0.4, -0.2) is 42.0 Å². The minimum absolute atomic E-state index is 0. The maximum absolute atomic E-state index is 13.0. The smallest absolute Gasteiger partial charge is 2.00 e. The summed E-state index contributed by atoms with van der Waals surface area (Å²) in [6.45, 7) is 12.7. The maximum Gasteiger partial charge on any atom is 2.00 e. The van der Waals surface area contributed by atoms with Gasteiger partial charge in [-0.3, -0.25) is 18.5 Å². The minimum Gasteiger partial charge on any atom is 2.00 e. The van der Waals surface area contributed by atoms with Crippen LogP contribution in [0.25, 0.3) is 22.6 Å². The largest absolute Gasteiger partial charge is 2.00 e. The van der Waals surface area contributed by atoms with Crippen LogP contribution in [0.2, 0.25) is 0 Å². The van der Waals surface area contributed by atoms with E-state index < -0.39 is 11.2 Å². The first-order valence-electron chi connectivity index (χ1n) is 10.4. The van der Waals surface area contributed by atoms with Crippen LogP contribution in [0.4, 0.5) is 5.95 Å². The summed E-state index contributed by atoms with van der Waals surface area (Å²) in [5.41, 5.74) is 2.74. The maximum atomic E-state index is 13.0. The molecule has 0 saturated heterocycles. The fourth-order valence-corrected chi connectivity index (χ4v) is 3.58. The number of aryl methyl sites for hydroxylation is 3. The number of benzene rings is 1. The molecule has 184 valence electrons. The second-order valence-electron chi connectivity index (χ2n) is 7.66. The molecular formula is C22H26N8O3W2. The molecular weight excluding hydrogens is 792 g/mol. The average molecular weight is 818 g/mol. The SMILES string of the molecule is [CH2-]CN(C[CH2-])c1nc2c(c(=O)n(C)c(=O)n2C)n1Cc1nnc(-c2ccc(C)c(C)c2)o1.[NH]=[W].[W+2]. The Morgan fingerprint density at radius 2 is 1.71 bits per heavy atom. The monoisotopic (exact) mass is 818 g/mol. The predicted molar refractivity (Wildman–Crippen MR) is 124 cm³/mol. The first kappa shape index (κ1) is 28.7. The van der Waals surface area contributed by atoms with Gasteiger partial charge in [-0.05, 0) is 37.1 Å². The van der Waals surface area contributed by atoms with Gasteiger partial charge in [0.1, 0.15) is 6.54 Å². The first-order chi connectivity index (χ1) is 16.3. The molecule has 3 aromatic heterocycles. The zero-order valence-electron chi connectivity index (χ0n) is 19.9. The molecule has 0 atom stereocenters. The van der Waals surface area contributed by atoms with Gasteiger partial charge in [0, 0.05) is 19.7 Å². The molecule has 13 heteroatoms. The van der Waals surface area contributed by atoms with Crippen molar-refractivity contribution in [2.24, 2.45) is 14.1 Å². The molecule has 4 rings (SSSR count). The number of hydrogen-bond acceptors (Lipinski definition) is 8. The van der Waals surface area contributed by atoms with Crippen LogP contribution in [0.15, 0.2) is 32.2 Å². The Morgan fingerprint density at radius 3 is 2.31 bits per heavy atom. The van der Waals surface area contributed by atoms with Crippen LogP contribution < -0.4 is 16.1 Å². The second-order valence-corrected chi connectivity index (χ2v) is 7.66. The number of anilines is 1. The first-order valence-corrected chi connectivity index (χ1v) is 11.8. The number of imidazole rings is 1. The van der Waals surface area contributed by atoms with Crippen LogP contribution in [0.5, 0.6) is 0 Å². The van der Waals surface area contributed by atoms with E-state index in [2.05, 4.69) is 29.0 Å². The molecule has 3 heterocycles. The van der Waals surface area contributed by atoms with Gasteiger partial charge in [-0.1, -0.05) is 6.07 Å². The number of nitrogens with one attached hydrogen (secondary N) is 1. The zero-order chi connectivity index (χ0) is 25.2. The zero-order valence-corrected chi connectivity index (χ0v) is 25.8. The molecule has 0 radical (unpaired) electrons. The Hall–Kier alpha value is -2.51. The number of fused-ring (bicyclic) bond motifs is 1. The summed E-state index contributed by atoms with van der Waals surface area (Å²) in [5, 5.41) is 8.36. The quantitative estimate of drug-likeness (QED) is 0.295. The third kappa shape index (κ3) is 5.36. The van der Waals surface area contributed by atoms with Crippen LogP contribution in [0.1, 0.15) is 17.0 Å². The summed E-state index contributed by atoms with van der Waals surface area (Å²) in [6.07, 6.45) is 0. The average Bonchev–Trinajstić information content (AvgIpc) is 3.46. The molecule has 0 unspecified atom stereocenters. The van der Waals surface area contributed by atoms with E-state index in [0.717, 1.165) is 35.3 Å². The predicted octanol–water partition coefficient (Wildman–Crippen LogP) is 1.92. The van der Waals surface area contributed by atoms with Crippen molar-refractivity contribution in [3.05, 3.63) is 69.9 Å². The second kappa shape index (κ2) is 12.0. The molecule has 0 spiro atoms. The molecule has 0 bridgehead atoms. The minimum atomic E-state index is -0.455. The number of aromatic nitrogens is 6. The Labute approximate surface area is 228 Å². The van der Waals surface area contributed by atoms with Gasteiger partial charge < -0.3 is 23.2 Å². The van der Waals surface area contributed by atoms with E-state index in [-0.39, 0.29) is 38.8 Å². The fourth-order valence-electron chi connectivity index (χ4n) is 3.58. The van der Waals surface area contributed by atoms with Crippen LogP contribution >= 0.6 is 0 Å². The Morgan fingerprint density at radius 1 is 1.06 bits per heavy atom. The summed E-state index contributed by atoms with van der Waals surface area (Å²) < 4.78 is 15.8. The van der Waals surface area contributed by atoms with E-state index in [9.17, 15) is 9.59 Å². The van der Waals surface area contributed by atoms with E-state index >= 15 is 0 Å². The Bertz CT molecular complexity index is 1450. The molecule has 4 aromatic rings. The van der Waals surface area contributed by atoms with Gasteiger partial charge in [0.25, 0.3) is 5.56 Å².